The lowest BCUT2D eigenvalue weighted by Gasteiger charge is -2.24. The van der Waals surface area contributed by atoms with Gasteiger partial charge in [-0.05, 0) is 12.1 Å². The van der Waals surface area contributed by atoms with Gasteiger partial charge in [0.05, 0.1) is 39.6 Å². The highest BCUT2D eigenvalue weighted by atomic mass is 16.5. The molecule has 5 heteroatoms. The van der Waals surface area contributed by atoms with E-state index in [1.807, 2.05) is 30.3 Å². The van der Waals surface area contributed by atoms with Crippen LogP contribution in [0.5, 0.6) is 23.0 Å². The third-order valence-electron chi connectivity index (χ3n) is 3.49. The number of para-hydroxylation sites is 1. The molecule has 0 radical (unpaired) electrons. The van der Waals surface area contributed by atoms with E-state index in [1.54, 1.807) is 33.5 Å². The molecule has 1 unspecified atom stereocenters. The van der Waals surface area contributed by atoms with Crippen molar-refractivity contribution in [3.8, 4) is 23.0 Å². The van der Waals surface area contributed by atoms with Crippen LogP contribution in [-0.4, -0.2) is 33.0 Å². The average Bonchev–Trinajstić information content (AvgIpc) is 2.62. The highest BCUT2D eigenvalue weighted by molar-refractivity contribution is 5.52. The average molecular weight is 318 g/mol. The summed E-state index contributed by atoms with van der Waals surface area (Å²) in [6.45, 7) is 0.518. The van der Waals surface area contributed by atoms with Gasteiger partial charge in [-0.3, -0.25) is 0 Å². The Kier molecular flexibility index (Phi) is 6.11. The number of fused-ring (bicyclic) bond motifs is 1. The van der Waals surface area contributed by atoms with Gasteiger partial charge >= 0.3 is 0 Å². The van der Waals surface area contributed by atoms with Crippen LogP contribution in [-0.2, 0) is 0 Å². The standard InChI is InChI=1S/C11H14O4.C7H8O/c1-13-7-5-9(14-2)11-8(12)3-4-15-10(11)6-7;1-8-7-5-3-2-4-6-7/h5-6,8,12H,3-4H2,1-2H3;2-6H,1H3. The number of ether oxygens (including phenoxy) is 4. The van der Waals surface area contributed by atoms with Crippen molar-refractivity contribution in [1.29, 1.82) is 0 Å². The van der Waals surface area contributed by atoms with E-state index in [9.17, 15) is 5.11 Å². The lowest BCUT2D eigenvalue weighted by molar-refractivity contribution is 0.111. The monoisotopic (exact) mass is 318 g/mol. The molecule has 1 heterocycles. The molecule has 5 nitrogen and oxygen atoms in total. The van der Waals surface area contributed by atoms with Crippen LogP contribution in [0.15, 0.2) is 42.5 Å². The quantitative estimate of drug-likeness (QED) is 0.941. The Balaban J connectivity index is 0.000000203. The number of aliphatic hydroxyl groups excluding tert-OH is 1. The van der Waals surface area contributed by atoms with E-state index >= 15 is 0 Å². The molecule has 0 spiro atoms. The summed E-state index contributed by atoms with van der Waals surface area (Å²) in [4.78, 5) is 0. The molecule has 0 aliphatic carbocycles. The van der Waals surface area contributed by atoms with Crippen LogP contribution in [0.1, 0.15) is 18.1 Å². The van der Waals surface area contributed by atoms with Crippen LogP contribution in [0.3, 0.4) is 0 Å². The van der Waals surface area contributed by atoms with Gasteiger partial charge in [-0.25, -0.2) is 0 Å². The molecule has 1 aliphatic rings. The lowest BCUT2D eigenvalue weighted by atomic mass is 10.0. The third kappa shape index (κ3) is 4.29. The maximum Gasteiger partial charge on any atom is 0.132 e. The number of rotatable bonds is 3. The summed E-state index contributed by atoms with van der Waals surface area (Å²) in [5, 5.41) is 9.84. The Morgan fingerprint density at radius 1 is 0.957 bits per heavy atom. The van der Waals surface area contributed by atoms with E-state index in [4.69, 9.17) is 18.9 Å². The van der Waals surface area contributed by atoms with Crippen LogP contribution in [0.2, 0.25) is 0 Å². The Bertz CT molecular complexity index is 595. The summed E-state index contributed by atoms with van der Waals surface area (Å²) < 4.78 is 20.7. The first kappa shape index (κ1) is 17.0. The van der Waals surface area contributed by atoms with Gasteiger partial charge in [-0.1, -0.05) is 18.2 Å². The summed E-state index contributed by atoms with van der Waals surface area (Å²) in [5.41, 5.74) is 0.713. The molecule has 124 valence electrons. The molecule has 2 aromatic carbocycles. The number of hydrogen-bond donors (Lipinski definition) is 1. The van der Waals surface area contributed by atoms with Gasteiger partial charge in [0.15, 0.2) is 0 Å². The number of methoxy groups -OCH3 is 3. The fourth-order valence-corrected chi connectivity index (χ4v) is 2.29. The van der Waals surface area contributed by atoms with Crippen LogP contribution in [0, 0.1) is 0 Å². The highest BCUT2D eigenvalue weighted by Gasteiger charge is 2.24. The maximum atomic E-state index is 9.84. The molecular weight excluding hydrogens is 296 g/mol. The first-order valence-corrected chi connectivity index (χ1v) is 7.35. The minimum atomic E-state index is -0.519. The van der Waals surface area contributed by atoms with Crippen molar-refractivity contribution in [3.05, 3.63) is 48.0 Å². The normalized spacial score (nSPS) is 15.4. The molecule has 0 bridgehead atoms. The summed E-state index contributed by atoms with van der Waals surface area (Å²) >= 11 is 0. The smallest absolute Gasteiger partial charge is 0.132 e. The zero-order valence-electron chi connectivity index (χ0n) is 13.6. The van der Waals surface area contributed by atoms with Crippen LogP contribution in [0.4, 0.5) is 0 Å². The minimum Gasteiger partial charge on any atom is -0.497 e. The maximum absolute atomic E-state index is 9.84. The van der Waals surface area contributed by atoms with Crippen molar-refractivity contribution in [2.45, 2.75) is 12.5 Å². The van der Waals surface area contributed by atoms with Crippen LogP contribution < -0.4 is 18.9 Å². The fraction of sp³-hybridized carbons (Fsp3) is 0.333. The summed E-state index contributed by atoms with van der Waals surface area (Å²) in [6, 6.07) is 13.2. The molecule has 0 aromatic heterocycles. The predicted molar refractivity (Wildman–Crippen MR) is 87.6 cm³/mol. The molecule has 0 saturated heterocycles. The van der Waals surface area contributed by atoms with E-state index in [-0.39, 0.29) is 0 Å². The highest BCUT2D eigenvalue weighted by Crippen LogP contribution is 2.41. The number of hydrogen-bond acceptors (Lipinski definition) is 5. The van der Waals surface area contributed by atoms with E-state index in [0.29, 0.717) is 35.8 Å². The Hall–Kier alpha value is -2.40. The molecule has 0 fully saturated rings. The van der Waals surface area contributed by atoms with E-state index in [0.717, 1.165) is 5.75 Å². The molecule has 0 amide bonds. The SMILES string of the molecule is COc1cc(OC)c2c(c1)OCCC2O.COc1ccccc1. The second-order valence-corrected chi connectivity index (χ2v) is 4.91. The Morgan fingerprint density at radius 3 is 2.22 bits per heavy atom. The van der Waals surface area contributed by atoms with Gasteiger partial charge in [-0.2, -0.15) is 0 Å². The van der Waals surface area contributed by atoms with Gasteiger partial charge in [0.1, 0.15) is 23.0 Å². The topological polar surface area (TPSA) is 57.2 Å². The molecule has 2 aromatic rings. The van der Waals surface area contributed by atoms with Crippen molar-refractivity contribution in [2.75, 3.05) is 27.9 Å². The first-order chi connectivity index (χ1) is 11.2. The molecule has 1 aliphatic heterocycles. The summed E-state index contributed by atoms with van der Waals surface area (Å²) in [7, 11) is 4.81. The summed E-state index contributed by atoms with van der Waals surface area (Å²) in [6.07, 6.45) is 0.0741. The van der Waals surface area contributed by atoms with Crippen molar-refractivity contribution in [3.63, 3.8) is 0 Å². The summed E-state index contributed by atoms with van der Waals surface area (Å²) in [5.74, 6) is 2.83. The molecule has 0 saturated carbocycles. The van der Waals surface area contributed by atoms with Gasteiger partial charge < -0.3 is 24.1 Å². The largest absolute Gasteiger partial charge is 0.497 e. The second kappa shape index (κ2) is 8.29. The second-order valence-electron chi connectivity index (χ2n) is 4.91. The number of aliphatic hydroxyl groups is 1. The molecule has 1 atom stereocenters. The van der Waals surface area contributed by atoms with Crippen molar-refractivity contribution in [2.24, 2.45) is 0 Å². The van der Waals surface area contributed by atoms with Crippen molar-refractivity contribution >= 4 is 0 Å². The van der Waals surface area contributed by atoms with Crippen LogP contribution in [0.25, 0.3) is 0 Å². The van der Waals surface area contributed by atoms with Gasteiger partial charge in [0, 0.05) is 18.6 Å². The predicted octanol–water partition coefficient (Wildman–Crippen LogP) is 3.21. The van der Waals surface area contributed by atoms with E-state index < -0.39 is 6.10 Å². The zero-order valence-corrected chi connectivity index (χ0v) is 13.6. The van der Waals surface area contributed by atoms with E-state index in [1.165, 1.54) is 0 Å². The Morgan fingerprint density at radius 2 is 1.65 bits per heavy atom. The fourth-order valence-electron chi connectivity index (χ4n) is 2.29. The lowest BCUT2D eigenvalue weighted by Crippen LogP contribution is -2.14. The van der Waals surface area contributed by atoms with E-state index in [2.05, 4.69) is 0 Å². The molecule has 3 rings (SSSR count). The van der Waals surface area contributed by atoms with Crippen molar-refractivity contribution in [1.82, 2.24) is 0 Å². The van der Waals surface area contributed by atoms with Gasteiger partial charge in [-0.15, -0.1) is 0 Å². The molecular formula is C18H22O5. The third-order valence-corrected chi connectivity index (χ3v) is 3.49. The number of benzene rings is 2. The van der Waals surface area contributed by atoms with Gasteiger partial charge in [0.25, 0.3) is 0 Å². The first-order valence-electron chi connectivity index (χ1n) is 7.35. The minimum absolute atomic E-state index is 0.518. The molecule has 23 heavy (non-hydrogen) atoms. The van der Waals surface area contributed by atoms with Gasteiger partial charge in [0.2, 0.25) is 0 Å². The van der Waals surface area contributed by atoms with Crippen molar-refractivity contribution < 1.29 is 24.1 Å². The Labute approximate surface area is 136 Å². The van der Waals surface area contributed by atoms with Crippen LogP contribution >= 0.6 is 0 Å². The molecule has 1 N–H and O–H groups in total. The zero-order chi connectivity index (χ0) is 16.7.